The number of aliphatic hydroxyl groups is 1. The Morgan fingerprint density at radius 2 is 1.93 bits per heavy atom. The summed E-state index contributed by atoms with van der Waals surface area (Å²) in [4.78, 5) is 10.5. The molecule has 0 bridgehead atoms. The molecule has 1 aliphatic carbocycles. The van der Waals surface area contributed by atoms with Crippen molar-refractivity contribution >= 4 is 5.97 Å². The minimum absolute atomic E-state index is 0.258. The first-order valence-electron chi connectivity index (χ1n) is 5.38. The lowest BCUT2D eigenvalue weighted by atomic mass is 9.72. The molecule has 2 N–H and O–H groups in total. The third-order valence-electron chi connectivity index (χ3n) is 3.51. The molecule has 0 aromatic rings. The molecule has 0 saturated heterocycles. The van der Waals surface area contributed by atoms with Gasteiger partial charge in [-0.05, 0) is 37.5 Å². The quantitative estimate of drug-likeness (QED) is 0.733. The van der Waals surface area contributed by atoms with E-state index in [1.165, 1.54) is 0 Å². The fourth-order valence-electron chi connectivity index (χ4n) is 2.21. The van der Waals surface area contributed by atoms with E-state index in [1.54, 1.807) is 0 Å². The van der Waals surface area contributed by atoms with Crippen LogP contribution in [0.5, 0.6) is 0 Å². The average molecular weight is 200 g/mol. The summed E-state index contributed by atoms with van der Waals surface area (Å²) in [5.74, 6) is -0.176. The fourth-order valence-corrected chi connectivity index (χ4v) is 2.21. The fraction of sp³-hybridized carbons (Fsp3) is 0.909. The molecule has 1 fully saturated rings. The van der Waals surface area contributed by atoms with Crippen molar-refractivity contribution in [1.82, 2.24) is 0 Å². The second kappa shape index (κ2) is 4.30. The smallest absolute Gasteiger partial charge is 0.303 e. The van der Waals surface area contributed by atoms with Crippen LogP contribution in [-0.2, 0) is 4.79 Å². The van der Waals surface area contributed by atoms with Gasteiger partial charge in [0.25, 0.3) is 0 Å². The molecule has 3 heteroatoms. The van der Waals surface area contributed by atoms with Gasteiger partial charge in [0.2, 0.25) is 0 Å². The highest BCUT2D eigenvalue weighted by molar-refractivity contribution is 5.67. The van der Waals surface area contributed by atoms with Crippen molar-refractivity contribution in [3.05, 3.63) is 0 Å². The number of rotatable bonds is 3. The van der Waals surface area contributed by atoms with E-state index in [0.29, 0.717) is 0 Å². The first-order chi connectivity index (χ1) is 6.44. The normalized spacial score (nSPS) is 33.3. The molecular weight excluding hydrogens is 180 g/mol. The maximum Gasteiger partial charge on any atom is 0.303 e. The molecule has 1 saturated carbocycles. The van der Waals surface area contributed by atoms with Gasteiger partial charge in [0.15, 0.2) is 0 Å². The molecule has 0 aliphatic heterocycles. The van der Waals surface area contributed by atoms with Crippen molar-refractivity contribution in [3.63, 3.8) is 0 Å². The molecule has 3 nitrogen and oxygen atoms in total. The summed E-state index contributed by atoms with van der Waals surface area (Å²) in [6, 6.07) is 0. The van der Waals surface area contributed by atoms with Crippen LogP contribution in [0.2, 0.25) is 0 Å². The van der Waals surface area contributed by atoms with Crippen LogP contribution in [0, 0.1) is 11.8 Å². The maximum atomic E-state index is 10.5. The van der Waals surface area contributed by atoms with Crippen LogP contribution in [0.4, 0.5) is 0 Å². The Hall–Kier alpha value is -0.570. The number of hydrogen-bond acceptors (Lipinski definition) is 2. The number of hydrogen-bond donors (Lipinski definition) is 2. The van der Waals surface area contributed by atoms with Crippen LogP contribution < -0.4 is 0 Å². The van der Waals surface area contributed by atoms with Crippen molar-refractivity contribution in [2.24, 2.45) is 11.8 Å². The van der Waals surface area contributed by atoms with Crippen molar-refractivity contribution < 1.29 is 15.0 Å². The number of carbonyl (C=O) groups is 1. The summed E-state index contributed by atoms with van der Waals surface area (Å²) < 4.78 is 0. The molecule has 1 aliphatic rings. The summed E-state index contributed by atoms with van der Waals surface area (Å²) in [6.07, 6.45) is 3.46. The van der Waals surface area contributed by atoms with E-state index in [9.17, 15) is 9.90 Å². The average Bonchev–Trinajstić information content (AvgIpc) is 2.08. The molecule has 0 spiro atoms. The standard InChI is InChI=1S/C11H20O3/c1-8(2)11(14)5-3-9(4-6-11)7-10(12)13/h8-9,14H,3-7H2,1-2H3,(H,12,13)/t9-,11-. The Morgan fingerprint density at radius 3 is 2.29 bits per heavy atom. The number of carboxylic acids is 1. The van der Waals surface area contributed by atoms with Crippen LogP contribution in [0.15, 0.2) is 0 Å². The van der Waals surface area contributed by atoms with Crippen molar-refractivity contribution in [2.45, 2.75) is 51.6 Å². The summed E-state index contributed by atoms with van der Waals surface area (Å²) in [6.45, 7) is 4.05. The predicted molar refractivity (Wildman–Crippen MR) is 54.0 cm³/mol. The van der Waals surface area contributed by atoms with E-state index in [2.05, 4.69) is 0 Å². The first kappa shape index (κ1) is 11.5. The lowest BCUT2D eigenvalue weighted by Gasteiger charge is -2.38. The second-order valence-corrected chi connectivity index (χ2v) is 4.80. The highest BCUT2D eigenvalue weighted by Gasteiger charge is 2.36. The van der Waals surface area contributed by atoms with E-state index in [1.807, 2.05) is 13.8 Å². The molecule has 0 radical (unpaired) electrons. The molecule has 0 aromatic carbocycles. The highest BCUT2D eigenvalue weighted by atomic mass is 16.4. The summed E-state index contributed by atoms with van der Waals surface area (Å²) in [5, 5.41) is 18.8. The van der Waals surface area contributed by atoms with Gasteiger partial charge in [0, 0.05) is 6.42 Å². The van der Waals surface area contributed by atoms with Gasteiger partial charge in [-0.15, -0.1) is 0 Å². The largest absolute Gasteiger partial charge is 0.481 e. The summed E-state index contributed by atoms with van der Waals surface area (Å²) in [5.41, 5.74) is -0.547. The third kappa shape index (κ3) is 2.71. The van der Waals surface area contributed by atoms with E-state index in [0.717, 1.165) is 25.7 Å². The minimum atomic E-state index is -0.718. The molecule has 0 amide bonds. The maximum absolute atomic E-state index is 10.5. The van der Waals surface area contributed by atoms with Crippen LogP contribution in [0.25, 0.3) is 0 Å². The number of aliphatic carboxylic acids is 1. The Morgan fingerprint density at radius 1 is 1.43 bits per heavy atom. The topological polar surface area (TPSA) is 57.5 Å². The molecule has 0 atom stereocenters. The van der Waals surface area contributed by atoms with Crippen LogP contribution in [0.1, 0.15) is 46.0 Å². The van der Waals surface area contributed by atoms with E-state index in [4.69, 9.17) is 5.11 Å². The zero-order valence-electron chi connectivity index (χ0n) is 8.99. The van der Waals surface area contributed by atoms with Gasteiger partial charge in [-0.1, -0.05) is 13.8 Å². The van der Waals surface area contributed by atoms with Gasteiger partial charge < -0.3 is 10.2 Å². The molecule has 0 unspecified atom stereocenters. The zero-order chi connectivity index (χ0) is 10.8. The molecule has 0 heterocycles. The SMILES string of the molecule is CC(C)[C@]1(O)CC[C@H](CC(=O)O)CC1. The Balaban J connectivity index is 2.41. The van der Waals surface area contributed by atoms with Gasteiger partial charge in [-0.25, -0.2) is 0 Å². The van der Waals surface area contributed by atoms with Gasteiger partial charge in [-0.2, -0.15) is 0 Å². The van der Waals surface area contributed by atoms with Gasteiger partial charge >= 0.3 is 5.97 Å². The third-order valence-corrected chi connectivity index (χ3v) is 3.51. The highest BCUT2D eigenvalue weighted by Crippen LogP contribution is 2.37. The van der Waals surface area contributed by atoms with E-state index >= 15 is 0 Å². The van der Waals surface area contributed by atoms with Crippen molar-refractivity contribution in [1.29, 1.82) is 0 Å². The second-order valence-electron chi connectivity index (χ2n) is 4.80. The Kier molecular flexibility index (Phi) is 3.53. The Bertz CT molecular complexity index is 203. The lowest BCUT2D eigenvalue weighted by molar-refractivity contribution is -0.139. The zero-order valence-corrected chi connectivity index (χ0v) is 8.99. The van der Waals surface area contributed by atoms with Gasteiger partial charge in [-0.3, -0.25) is 4.79 Å². The van der Waals surface area contributed by atoms with Crippen LogP contribution >= 0.6 is 0 Å². The minimum Gasteiger partial charge on any atom is -0.481 e. The molecule has 82 valence electrons. The van der Waals surface area contributed by atoms with Gasteiger partial charge in [0.05, 0.1) is 5.60 Å². The van der Waals surface area contributed by atoms with Gasteiger partial charge in [0.1, 0.15) is 0 Å². The van der Waals surface area contributed by atoms with Crippen LogP contribution in [0.3, 0.4) is 0 Å². The van der Waals surface area contributed by atoms with Crippen molar-refractivity contribution in [3.8, 4) is 0 Å². The molecule has 1 rings (SSSR count). The molecular formula is C11H20O3. The summed E-state index contributed by atoms with van der Waals surface area (Å²) >= 11 is 0. The molecule has 14 heavy (non-hydrogen) atoms. The Labute approximate surface area is 85.1 Å². The summed E-state index contributed by atoms with van der Waals surface area (Å²) in [7, 11) is 0. The first-order valence-corrected chi connectivity index (χ1v) is 5.38. The predicted octanol–water partition coefficient (Wildman–Crippen LogP) is 2.04. The van der Waals surface area contributed by atoms with Crippen molar-refractivity contribution in [2.75, 3.05) is 0 Å². The monoisotopic (exact) mass is 200 g/mol. The lowest BCUT2D eigenvalue weighted by Crippen LogP contribution is -2.39. The molecule has 0 aromatic heterocycles. The number of carboxylic acid groups (broad SMARTS) is 1. The van der Waals surface area contributed by atoms with E-state index in [-0.39, 0.29) is 18.3 Å². The van der Waals surface area contributed by atoms with Crippen LogP contribution in [-0.4, -0.2) is 21.8 Å². The van der Waals surface area contributed by atoms with E-state index < -0.39 is 11.6 Å².